The van der Waals surface area contributed by atoms with E-state index in [0.29, 0.717) is 24.7 Å². The number of nitrogens with two attached hydrogens (primary N) is 1. The third-order valence-electron chi connectivity index (χ3n) is 5.59. The number of fused-ring (bicyclic) bond motifs is 1. The van der Waals surface area contributed by atoms with E-state index in [1.54, 1.807) is 42.6 Å². The summed E-state index contributed by atoms with van der Waals surface area (Å²) in [7, 11) is 0. The summed E-state index contributed by atoms with van der Waals surface area (Å²) < 4.78 is 44.0. The van der Waals surface area contributed by atoms with Crippen molar-refractivity contribution in [1.29, 1.82) is 0 Å². The average molecular weight is 510 g/mol. The molecule has 4 aromatic rings. The number of rotatable bonds is 3. The molecule has 178 valence electrons. The number of hydrogen-bond acceptors (Lipinski definition) is 6. The third kappa shape index (κ3) is 3.96. The van der Waals surface area contributed by atoms with Gasteiger partial charge in [0.15, 0.2) is 5.82 Å². The molecule has 1 saturated heterocycles. The van der Waals surface area contributed by atoms with Gasteiger partial charge in [-0.3, -0.25) is 9.36 Å². The van der Waals surface area contributed by atoms with Crippen LogP contribution in [-0.4, -0.2) is 30.7 Å². The van der Waals surface area contributed by atoms with Crippen molar-refractivity contribution in [3.8, 4) is 5.69 Å². The summed E-state index contributed by atoms with van der Waals surface area (Å²) >= 11 is 6.22. The van der Waals surface area contributed by atoms with Gasteiger partial charge in [0.25, 0.3) is 5.56 Å². The molecule has 1 aliphatic heterocycles. The van der Waals surface area contributed by atoms with Crippen molar-refractivity contribution in [2.75, 3.05) is 17.2 Å². The van der Waals surface area contributed by atoms with Crippen molar-refractivity contribution in [3.63, 3.8) is 0 Å². The molecule has 0 saturated carbocycles. The van der Waals surface area contributed by atoms with Crippen LogP contribution in [0.2, 0.25) is 5.02 Å². The van der Waals surface area contributed by atoms with Gasteiger partial charge in [-0.1, -0.05) is 29.8 Å². The molecule has 13 heteroatoms. The van der Waals surface area contributed by atoms with E-state index < -0.39 is 23.3 Å². The summed E-state index contributed by atoms with van der Waals surface area (Å²) in [5, 5.41) is 4.83. The third-order valence-corrected chi connectivity index (χ3v) is 5.90. The van der Waals surface area contributed by atoms with Gasteiger partial charge >= 0.3 is 6.18 Å². The fourth-order valence-corrected chi connectivity index (χ4v) is 4.41. The fraction of sp³-hybridized carbons (Fsp3) is 0.238. The normalized spacial score (nSPS) is 16.1. The monoisotopic (exact) mass is 509 g/mol. The number of benzene rings is 1. The number of alkyl halides is 3. The first-order valence-electron chi connectivity index (χ1n) is 10.1. The van der Waals surface area contributed by atoms with E-state index in [-0.39, 0.29) is 48.2 Å². The topological polar surface area (TPSA) is 94.3 Å². The molecular weight excluding hydrogens is 491 g/mol. The highest BCUT2D eigenvalue weighted by Crippen LogP contribution is 2.41. The summed E-state index contributed by atoms with van der Waals surface area (Å²) in [5.74, 6) is -0.338. The molecule has 0 amide bonds. The first kappa shape index (κ1) is 23.9. The molecule has 34 heavy (non-hydrogen) atoms. The number of nitrogen functional groups attached to an aromatic ring is 1. The molecule has 1 atom stereocenters. The van der Waals surface area contributed by atoms with Crippen LogP contribution in [0.3, 0.4) is 0 Å². The lowest BCUT2D eigenvalue weighted by Crippen LogP contribution is -2.34. The minimum Gasteiger partial charge on any atom is -0.368 e. The van der Waals surface area contributed by atoms with Crippen LogP contribution in [0.4, 0.5) is 24.9 Å². The van der Waals surface area contributed by atoms with Crippen LogP contribution >= 0.6 is 25.1 Å². The summed E-state index contributed by atoms with van der Waals surface area (Å²) in [6.45, 7) is 0.277. The van der Waals surface area contributed by atoms with E-state index >= 15 is 0 Å². The van der Waals surface area contributed by atoms with Gasteiger partial charge in [-0.2, -0.15) is 36.7 Å². The van der Waals surface area contributed by atoms with E-state index in [0.717, 1.165) is 0 Å². The van der Waals surface area contributed by atoms with Crippen molar-refractivity contribution < 1.29 is 13.2 Å². The van der Waals surface area contributed by atoms with E-state index in [9.17, 15) is 18.0 Å². The molecule has 1 aromatic carbocycles. The second-order valence-electron chi connectivity index (χ2n) is 7.61. The highest BCUT2D eigenvalue weighted by Gasteiger charge is 2.41. The van der Waals surface area contributed by atoms with E-state index in [1.165, 1.54) is 14.0 Å². The summed E-state index contributed by atoms with van der Waals surface area (Å²) in [4.78, 5) is 22.4. The first-order chi connectivity index (χ1) is 15.8. The zero-order valence-corrected chi connectivity index (χ0v) is 19.3. The number of aromatic nitrogens is 5. The smallest absolute Gasteiger partial charge is 0.368 e. The molecule has 0 unspecified atom stereocenters. The number of para-hydroxylation sites is 1. The molecule has 0 bridgehead atoms. The molecule has 8 nitrogen and oxygen atoms in total. The molecular formula is C21H19ClF3N7OS. The maximum atomic E-state index is 13.7. The van der Waals surface area contributed by atoms with Crippen molar-refractivity contribution >= 4 is 42.4 Å². The van der Waals surface area contributed by atoms with Crippen LogP contribution in [0, 0.1) is 0 Å². The number of halogens is 4. The standard InChI is InChI=1S/C21H17ClF3N7O.H2S/c22-14-8-10-31-16(14)19(33)32(12-5-2-1-3-6-12)18(29-31)15-7-4-9-30(15)17-13(21(23,24)25)11-27-20(26)28-17;/h1-3,5-6,8,10-11,15H,4,7,9H2,(H2,26,27,28);1H2/t15-;/m0./s1. The van der Waals surface area contributed by atoms with Crippen LogP contribution in [0.5, 0.6) is 0 Å². The van der Waals surface area contributed by atoms with Crippen LogP contribution < -0.4 is 16.2 Å². The van der Waals surface area contributed by atoms with Gasteiger partial charge in [0.05, 0.1) is 16.8 Å². The van der Waals surface area contributed by atoms with Crippen LogP contribution in [0.25, 0.3) is 11.2 Å². The Labute approximate surface area is 203 Å². The SMILES string of the molecule is Nc1ncc(C(F)(F)F)c(N2CCC[C@H]2c2nn3ccc(Cl)c3c(=O)n2-c2ccccc2)n1.S. The van der Waals surface area contributed by atoms with Gasteiger partial charge in [0.1, 0.15) is 16.9 Å². The van der Waals surface area contributed by atoms with E-state index in [1.807, 2.05) is 0 Å². The number of anilines is 2. The molecule has 0 aliphatic carbocycles. The van der Waals surface area contributed by atoms with Gasteiger partial charge in [0, 0.05) is 18.9 Å². The molecule has 1 fully saturated rings. The maximum Gasteiger partial charge on any atom is 0.421 e. The summed E-state index contributed by atoms with van der Waals surface area (Å²) in [5.41, 5.74) is 4.92. The van der Waals surface area contributed by atoms with Crippen molar-refractivity contribution in [2.45, 2.75) is 25.1 Å². The Bertz CT molecular complexity index is 1410. The van der Waals surface area contributed by atoms with Crippen molar-refractivity contribution in [2.24, 2.45) is 0 Å². The lowest BCUT2D eigenvalue weighted by atomic mass is 10.1. The van der Waals surface area contributed by atoms with Crippen molar-refractivity contribution in [1.82, 2.24) is 24.1 Å². The lowest BCUT2D eigenvalue weighted by molar-refractivity contribution is -0.137. The highest BCUT2D eigenvalue weighted by atomic mass is 35.5. The fourth-order valence-electron chi connectivity index (χ4n) is 4.18. The Hall–Kier alpha value is -3.25. The minimum absolute atomic E-state index is 0. The minimum atomic E-state index is -4.68. The zero-order chi connectivity index (χ0) is 23.3. The predicted octanol–water partition coefficient (Wildman–Crippen LogP) is 3.98. The van der Waals surface area contributed by atoms with Crippen LogP contribution in [0.15, 0.2) is 53.6 Å². The second-order valence-corrected chi connectivity index (χ2v) is 8.01. The molecule has 3 aromatic heterocycles. The Morgan fingerprint density at radius 3 is 2.59 bits per heavy atom. The molecule has 5 rings (SSSR count). The van der Waals surface area contributed by atoms with Crippen LogP contribution in [-0.2, 0) is 6.18 Å². The van der Waals surface area contributed by atoms with Gasteiger partial charge in [-0.25, -0.2) is 9.50 Å². The largest absolute Gasteiger partial charge is 0.421 e. The van der Waals surface area contributed by atoms with Gasteiger partial charge < -0.3 is 10.6 Å². The van der Waals surface area contributed by atoms with Gasteiger partial charge in [0.2, 0.25) is 5.95 Å². The van der Waals surface area contributed by atoms with Gasteiger partial charge in [-0.05, 0) is 31.0 Å². The van der Waals surface area contributed by atoms with E-state index in [2.05, 4.69) is 15.1 Å². The Balaban J connectivity index is 0.00000274. The van der Waals surface area contributed by atoms with Crippen molar-refractivity contribution in [3.05, 3.63) is 75.6 Å². The Morgan fingerprint density at radius 1 is 1.15 bits per heavy atom. The highest BCUT2D eigenvalue weighted by molar-refractivity contribution is 7.59. The first-order valence-corrected chi connectivity index (χ1v) is 10.4. The summed E-state index contributed by atoms with van der Waals surface area (Å²) in [6.07, 6.45) is -1.43. The molecule has 0 radical (unpaired) electrons. The molecule has 2 N–H and O–H groups in total. The van der Waals surface area contributed by atoms with Gasteiger partial charge in [-0.15, -0.1) is 0 Å². The molecule has 4 heterocycles. The second kappa shape index (κ2) is 8.84. The van der Waals surface area contributed by atoms with E-state index in [4.69, 9.17) is 17.3 Å². The number of nitrogens with zero attached hydrogens (tertiary/aromatic N) is 6. The lowest BCUT2D eigenvalue weighted by Gasteiger charge is -2.29. The summed E-state index contributed by atoms with van der Waals surface area (Å²) in [6, 6.07) is 9.64. The Morgan fingerprint density at radius 2 is 1.88 bits per heavy atom. The average Bonchev–Trinajstić information content (AvgIpc) is 3.40. The number of hydrogen-bond donors (Lipinski definition) is 1. The molecule has 1 aliphatic rings. The zero-order valence-electron chi connectivity index (χ0n) is 17.5. The molecule has 0 spiro atoms. The maximum absolute atomic E-state index is 13.7. The van der Waals surface area contributed by atoms with Crippen LogP contribution in [0.1, 0.15) is 30.3 Å². The Kier molecular flexibility index (Phi) is 6.21. The predicted molar refractivity (Wildman–Crippen MR) is 127 cm³/mol. The quantitative estimate of drug-likeness (QED) is 0.449.